The van der Waals surface area contributed by atoms with Gasteiger partial charge in [0.2, 0.25) is 0 Å². The van der Waals surface area contributed by atoms with Crippen LogP contribution < -0.4 is 5.73 Å². The molecule has 0 saturated carbocycles. The van der Waals surface area contributed by atoms with E-state index in [-0.39, 0.29) is 0 Å². The summed E-state index contributed by atoms with van der Waals surface area (Å²) >= 11 is 1.35. The standard InChI is InChI=1S/C8H7FN2S/c9-4-8-11-6-2-1-5(10)3-7(6)12-8/h1-3H,4,10H2. The van der Waals surface area contributed by atoms with E-state index in [1.807, 2.05) is 6.07 Å². The molecule has 0 aliphatic heterocycles. The van der Waals surface area contributed by atoms with Gasteiger partial charge in [0.1, 0.15) is 11.7 Å². The lowest BCUT2D eigenvalue weighted by Crippen LogP contribution is -1.81. The number of rotatable bonds is 1. The van der Waals surface area contributed by atoms with Gasteiger partial charge in [0.05, 0.1) is 10.2 Å². The summed E-state index contributed by atoms with van der Waals surface area (Å²) in [5.74, 6) is 0. The van der Waals surface area contributed by atoms with Crippen LogP contribution in [0, 0.1) is 0 Å². The molecule has 2 N–H and O–H groups in total. The molecule has 0 unspecified atom stereocenters. The fraction of sp³-hybridized carbons (Fsp3) is 0.125. The first kappa shape index (κ1) is 7.49. The minimum atomic E-state index is -0.501. The maximum Gasteiger partial charge on any atom is 0.141 e. The highest BCUT2D eigenvalue weighted by atomic mass is 32.1. The predicted molar refractivity (Wildman–Crippen MR) is 48.8 cm³/mol. The number of benzene rings is 1. The summed E-state index contributed by atoms with van der Waals surface area (Å²) in [7, 11) is 0. The lowest BCUT2D eigenvalue weighted by Gasteiger charge is -1.89. The van der Waals surface area contributed by atoms with Crippen LogP contribution in [0.4, 0.5) is 10.1 Å². The molecule has 1 aromatic carbocycles. The second kappa shape index (κ2) is 2.71. The van der Waals surface area contributed by atoms with Crippen LogP contribution in [-0.2, 0) is 6.67 Å². The van der Waals surface area contributed by atoms with Gasteiger partial charge in [-0.25, -0.2) is 9.37 Å². The number of nitrogens with zero attached hydrogens (tertiary/aromatic N) is 1. The van der Waals surface area contributed by atoms with Crippen LogP contribution >= 0.6 is 11.3 Å². The lowest BCUT2D eigenvalue weighted by molar-refractivity contribution is 0.484. The Balaban J connectivity index is 2.67. The zero-order valence-electron chi connectivity index (χ0n) is 6.25. The van der Waals surface area contributed by atoms with Crippen molar-refractivity contribution in [1.82, 2.24) is 4.98 Å². The quantitative estimate of drug-likeness (QED) is 0.687. The Morgan fingerprint density at radius 3 is 3.08 bits per heavy atom. The third kappa shape index (κ3) is 1.14. The number of hydrogen-bond acceptors (Lipinski definition) is 3. The van der Waals surface area contributed by atoms with E-state index in [1.54, 1.807) is 12.1 Å². The van der Waals surface area contributed by atoms with Gasteiger partial charge in [-0.2, -0.15) is 0 Å². The zero-order valence-corrected chi connectivity index (χ0v) is 7.07. The number of nitrogens with two attached hydrogens (primary N) is 1. The maximum atomic E-state index is 12.2. The van der Waals surface area contributed by atoms with Crippen LogP contribution in [0.2, 0.25) is 0 Å². The van der Waals surface area contributed by atoms with Gasteiger partial charge >= 0.3 is 0 Å². The van der Waals surface area contributed by atoms with Gasteiger partial charge in [0.15, 0.2) is 0 Å². The Morgan fingerprint density at radius 2 is 2.33 bits per heavy atom. The fourth-order valence-corrected chi connectivity index (χ4v) is 1.91. The molecule has 2 rings (SSSR count). The van der Waals surface area contributed by atoms with Crippen LogP contribution in [-0.4, -0.2) is 4.98 Å². The van der Waals surface area contributed by atoms with E-state index in [4.69, 9.17) is 5.73 Å². The Hall–Kier alpha value is -1.16. The summed E-state index contributed by atoms with van der Waals surface area (Å²) in [6, 6.07) is 5.39. The van der Waals surface area contributed by atoms with Gasteiger partial charge in [-0.05, 0) is 18.2 Å². The van der Waals surface area contributed by atoms with Crippen LogP contribution in [0.15, 0.2) is 18.2 Å². The van der Waals surface area contributed by atoms with Gasteiger partial charge < -0.3 is 5.73 Å². The minimum absolute atomic E-state index is 0.501. The van der Waals surface area contributed by atoms with Gasteiger partial charge in [0.25, 0.3) is 0 Å². The first-order chi connectivity index (χ1) is 5.79. The number of alkyl halides is 1. The van der Waals surface area contributed by atoms with Crippen molar-refractivity contribution < 1.29 is 4.39 Å². The molecule has 1 heterocycles. The molecule has 0 fully saturated rings. The number of aromatic nitrogens is 1. The van der Waals surface area contributed by atoms with Crippen molar-refractivity contribution in [2.24, 2.45) is 0 Å². The highest BCUT2D eigenvalue weighted by Crippen LogP contribution is 2.24. The molecule has 0 aliphatic carbocycles. The molecule has 62 valence electrons. The number of halogens is 1. The summed E-state index contributed by atoms with van der Waals surface area (Å²) in [5, 5.41) is 0.510. The molecule has 0 aliphatic rings. The van der Waals surface area contributed by atoms with E-state index >= 15 is 0 Å². The second-order valence-electron chi connectivity index (χ2n) is 2.47. The second-order valence-corrected chi connectivity index (χ2v) is 3.58. The molecule has 1 aromatic heterocycles. The third-order valence-corrected chi connectivity index (χ3v) is 2.55. The molecular formula is C8H7FN2S. The molecule has 0 spiro atoms. The van der Waals surface area contributed by atoms with Crippen molar-refractivity contribution in [3.8, 4) is 0 Å². The number of thiazole rings is 1. The molecule has 0 amide bonds. The highest BCUT2D eigenvalue weighted by molar-refractivity contribution is 7.18. The minimum Gasteiger partial charge on any atom is -0.399 e. The van der Waals surface area contributed by atoms with E-state index in [9.17, 15) is 4.39 Å². The van der Waals surface area contributed by atoms with E-state index in [0.29, 0.717) is 10.7 Å². The summed E-state index contributed by atoms with van der Waals surface area (Å²) in [5.41, 5.74) is 7.07. The van der Waals surface area contributed by atoms with Crippen LogP contribution in [0.3, 0.4) is 0 Å². The normalized spacial score (nSPS) is 10.8. The molecule has 2 aromatic rings. The molecule has 12 heavy (non-hydrogen) atoms. The molecule has 0 radical (unpaired) electrons. The maximum absolute atomic E-state index is 12.2. The third-order valence-electron chi connectivity index (χ3n) is 1.57. The van der Waals surface area contributed by atoms with E-state index in [0.717, 1.165) is 10.2 Å². The molecule has 0 bridgehead atoms. The van der Waals surface area contributed by atoms with E-state index in [1.165, 1.54) is 11.3 Å². The van der Waals surface area contributed by atoms with E-state index < -0.39 is 6.67 Å². The molecule has 2 nitrogen and oxygen atoms in total. The van der Waals surface area contributed by atoms with Gasteiger partial charge in [0, 0.05) is 5.69 Å². The van der Waals surface area contributed by atoms with Crippen LogP contribution in [0.1, 0.15) is 5.01 Å². The van der Waals surface area contributed by atoms with Crippen molar-refractivity contribution in [3.63, 3.8) is 0 Å². The summed E-state index contributed by atoms with van der Waals surface area (Å²) in [6.45, 7) is -0.501. The molecule has 0 atom stereocenters. The first-order valence-electron chi connectivity index (χ1n) is 3.50. The lowest BCUT2D eigenvalue weighted by atomic mass is 10.3. The van der Waals surface area contributed by atoms with Crippen LogP contribution in [0.5, 0.6) is 0 Å². The topological polar surface area (TPSA) is 38.9 Å². The number of fused-ring (bicyclic) bond motifs is 1. The Morgan fingerprint density at radius 1 is 1.50 bits per heavy atom. The Kier molecular flexibility index (Phi) is 1.69. The fourth-order valence-electron chi connectivity index (χ4n) is 1.05. The highest BCUT2D eigenvalue weighted by Gasteiger charge is 2.02. The zero-order chi connectivity index (χ0) is 8.55. The average Bonchev–Trinajstić information content (AvgIpc) is 2.46. The van der Waals surface area contributed by atoms with Gasteiger partial charge in [-0.3, -0.25) is 0 Å². The SMILES string of the molecule is Nc1ccc2nc(CF)sc2c1. The number of hydrogen-bond donors (Lipinski definition) is 1. The van der Waals surface area contributed by atoms with Crippen LogP contribution in [0.25, 0.3) is 10.2 Å². The molecule has 0 saturated heterocycles. The summed E-state index contributed by atoms with van der Waals surface area (Å²) in [4.78, 5) is 4.06. The number of nitrogen functional groups attached to an aromatic ring is 1. The summed E-state index contributed by atoms with van der Waals surface area (Å²) in [6.07, 6.45) is 0. The molecular weight excluding hydrogens is 175 g/mol. The van der Waals surface area contributed by atoms with Crippen molar-refractivity contribution in [1.29, 1.82) is 0 Å². The predicted octanol–water partition coefficient (Wildman–Crippen LogP) is 2.35. The Labute approximate surface area is 72.8 Å². The van der Waals surface area contributed by atoms with Gasteiger partial charge in [-0.15, -0.1) is 11.3 Å². The largest absolute Gasteiger partial charge is 0.399 e. The average molecular weight is 182 g/mol. The van der Waals surface area contributed by atoms with Gasteiger partial charge in [-0.1, -0.05) is 0 Å². The monoisotopic (exact) mass is 182 g/mol. The Bertz CT molecular complexity index is 410. The van der Waals surface area contributed by atoms with E-state index in [2.05, 4.69) is 4.98 Å². The molecule has 4 heteroatoms. The summed E-state index contributed by atoms with van der Waals surface area (Å²) < 4.78 is 13.1. The smallest absolute Gasteiger partial charge is 0.141 e. The first-order valence-corrected chi connectivity index (χ1v) is 4.32. The van der Waals surface area contributed by atoms with Crippen molar-refractivity contribution in [3.05, 3.63) is 23.2 Å². The van der Waals surface area contributed by atoms with Crippen molar-refractivity contribution in [2.75, 3.05) is 5.73 Å². The number of anilines is 1. The van der Waals surface area contributed by atoms with Crippen molar-refractivity contribution in [2.45, 2.75) is 6.67 Å². The van der Waals surface area contributed by atoms with Crippen molar-refractivity contribution >= 4 is 27.2 Å².